The summed E-state index contributed by atoms with van der Waals surface area (Å²) in [6.45, 7) is 6.08. The Morgan fingerprint density at radius 2 is 2.00 bits per heavy atom. The zero-order chi connectivity index (χ0) is 14.5. The largest absolute Gasteiger partial charge is 0.468 e. The molecule has 0 aliphatic rings. The lowest BCUT2D eigenvalue weighted by Crippen LogP contribution is -2.49. The summed E-state index contributed by atoms with van der Waals surface area (Å²) < 4.78 is 4.86. The quantitative estimate of drug-likeness (QED) is 0.642. The fourth-order valence-corrected chi connectivity index (χ4v) is 3.15. The van der Waals surface area contributed by atoms with Crippen LogP contribution in [0, 0.1) is 6.92 Å². The van der Waals surface area contributed by atoms with Gasteiger partial charge in [-0.05, 0) is 39.4 Å². The monoisotopic (exact) mass is 281 g/mol. The average Bonchev–Trinajstić information content (AvgIpc) is 2.40. The molecule has 0 spiro atoms. The van der Waals surface area contributed by atoms with Crippen LogP contribution in [0.1, 0.15) is 25.8 Å². The Morgan fingerprint density at radius 3 is 2.47 bits per heavy atom. The summed E-state index contributed by atoms with van der Waals surface area (Å²) >= 11 is 1.77. The number of benzene rings is 1. The van der Waals surface area contributed by atoms with Crippen molar-refractivity contribution in [3.05, 3.63) is 29.8 Å². The number of ether oxygens (including phenoxy) is 1. The molecule has 4 heteroatoms. The van der Waals surface area contributed by atoms with Crippen molar-refractivity contribution in [2.24, 2.45) is 0 Å². The first kappa shape index (κ1) is 16.1. The Bertz CT molecular complexity index is 419. The maximum atomic E-state index is 11.8. The average molecular weight is 281 g/mol. The van der Waals surface area contributed by atoms with Crippen LogP contribution in [0.4, 0.5) is 0 Å². The third-order valence-electron chi connectivity index (χ3n) is 3.24. The zero-order valence-corrected chi connectivity index (χ0v) is 13.1. The van der Waals surface area contributed by atoms with Gasteiger partial charge < -0.3 is 10.1 Å². The van der Waals surface area contributed by atoms with Gasteiger partial charge >= 0.3 is 5.97 Å². The predicted molar refractivity (Wildman–Crippen MR) is 80.6 cm³/mol. The number of thioether (sulfide) groups is 1. The molecule has 0 saturated heterocycles. The maximum absolute atomic E-state index is 11.8. The molecule has 106 valence electrons. The third kappa shape index (κ3) is 4.55. The lowest BCUT2D eigenvalue weighted by atomic mass is 9.96. The van der Waals surface area contributed by atoms with Gasteiger partial charge in [0.2, 0.25) is 0 Å². The molecule has 0 radical (unpaired) electrons. The van der Waals surface area contributed by atoms with E-state index in [2.05, 4.69) is 43.4 Å². The van der Waals surface area contributed by atoms with Crippen molar-refractivity contribution < 1.29 is 9.53 Å². The Kier molecular flexibility index (Phi) is 5.88. The van der Waals surface area contributed by atoms with Gasteiger partial charge in [0.25, 0.3) is 0 Å². The van der Waals surface area contributed by atoms with E-state index in [4.69, 9.17) is 4.74 Å². The van der Waals surface area contributed by atoms with Crippen LogP contribution in [0.3, 0.4) is 0 Å². The zero-order valence-electron chi connectivity index (χ0n) is 12.3. The van der Waals surface area contributed by atoms with Gasteiger partial charge in [-0.3, -0.25) is 4.79 Å². The summed E-state index contributed by atoms with van der Waals surface area (Å²) in [4.78, 5) is 13.0. The molecule has 0 bridgehead atoms. The highest BCUT2D eigenvalue weighted by Crippen LogP contribution is 2.29. The fourth-order valence-electron chi connectivity index (χ4n) is 1.98. The van der Waals surface area contributed by atoms with Gasteiger partial charge in [0.15, 0.2) is 0 Å². The number of likely N-dealkylation sites (N-methyl/N-ethyl adjacent to an activating group) is 1. The molecule has 2 atom stereocenters. The second-order valence-corrected chi connectivity index (χ2v) is 6.53. The van der Waals surface area contributed by atoms with Crippen molar-refractivity contribution in [3.63, 3.8) is 0 Å². The van der Waals surface area contributed by atoms with Gasteiger partial charge in [0.05, 0.1) is 7.11 Å². The first-order valence-corrected chi connectivity index (χ1v) is 7.30. The SMILES string of the molecule is CNC(C)(CC(C)Sc1ccc(C)cc1)C(=O)OC. The van der Waals surface area contributed by atoms with E-state index in [-0.39, 0.29) is 5.97 Å². The molecular weight excluding hydrogens is 258 g/mol. The molecular formula is C15H23NO2S. The van der Waals surface area contributed by atoms with Crippen molar-refractivity contribution in [2.75, 3.05) is 14.2 Å². The molecule has 0 aliphatic heterocycles. The predicted octanol–water partition coefficient (Wildman–Crippen LogP) is 3.02. The molecule has 0 fully saturated rings. The molecule has 1 aromatic rings. The molecule has 0 saturated carbocycles. The van der Waals surface area contributed by atoms with Gasteiger partial charge in [0.1, 0.15) is 5.54 Å². The highest BCUT2D eigenvalue weighted by atomic mass is 32.2. The summed E-state index contributed by atoms with van der Waals surface area (Å²) in [6, 6.07) is 8.44. The molecule has 0 aliphatic carbocycles. The van der Waals surface area contributed by atoms with Crippen molar-refractivity contribution in [1.29, 1.82) is 0 Å². The number of nitrogens with one attached hydrogen (secondary N) is 1. The summed E-state index contributed by atoms with van der Waals surface area (Å²) in [5.41, 5.74) is 0.623. The van der Waals surface area contributed by atoms with E-state index >= 15 is 0 Å². The number of carbonyl (C=O) groups excluding carboxylic acids is 1. The van der Waals surface area contributed by atoms with Crippen molar-refractivity contribution >= 4 is 17.7 Å². The first-order valence-electron chi connectivity index (χ1n) is 6.42. The second kappa shape index (κ2) is 6.96. The van der Waals surface area contributed by atoms with Crippen LogP contribution in [0.25, 0.3) is 0 Å². The Morgan fingerprint density at radius 1 is 1.42 bits per heavy atom. The second-order valence-electron chi connectivity index (χ2n) is 5.02. The van der Waals surface area contributed by atoms with E-state index < -0.39 is 5.54 Å². The molecule has 1 aromatic carbocycles. The van der Waals surface area contributed by atoms with Crippen LogP contribution in [0.5, 0.6) is 0 Å². The molecule has 3 nitrogen and oxygen atoms in total. The molecule has 0 heterocycles. The van der Waals surface area contributed by atoms with Gasteiger partial charge in [-0.1, -0.05) is 24.6 Å². The number of rotatable bonds is 6. The van der Waals surface area contributed by atoms with Crippen molar-refractivity contribution in [1.82, 2.24) is 5.32 Å². The minimum atomic E-state index is -0.633. The number of hydrogen-bond donors (Lipinski definition) is 1. The third-order valence-corrected chi connectivity index (χ3v) is 4.36. The smallest absolute Gasteiger partial charge is 0.325 e. The molecule has 1 rings (SSSR count). The van der Waals surface area contributed by atoms with Gasteiger partial charge in [-0.25, -0.2) is 0 Å². The molecule has 19 heavy (non-hydrogen) atoms. The van der Waals surface area contributed by atoms with E-state index in [1.54, 1.807) is 18.8 Å². The standard InChI is InChI=1S/C15H23NO2S/c1-11-6-8-13(9-7-11)19-12(2)10-15(3,16-4)14(17)18-5/h6-9,12,16H,10H2,1-5H3. The summed E-state index contributed by atoms with van der Waals surface area (Å²) in [6.07, 6.45) is 0.717. The molecule has 1 N–H and O–H groups in total. The minimum absolute atomic E-state index is 0.216. The minimum Gasteiger partial charge on any atom is -0.468 e. The van der Waals surface area contributed by atoms with Crippen LogP contribution < -0.4 is 5.32 Å². The van der Waals surface area contributed by atoms with E-state index in [0.29, 0.717) is 11.7 Å². The van der Waals surface area contributed by atoms with Crippen LogP contribution in [0.15, 0.2) is 29.2 Å². The lowest BCUT2D eigenvalue weighted by Gasteiger charge is -2.28. The van der Waals surface area contributed by atoms with Crippen molar-refractivity contribution in [3.8, 4) is 0 Å². The van der Waals surface area contributed by atoms with Crippen LogP contribution in [-0.4, -0.2) is 30.9 Å². The van der Waals surface area contributed by atoms with Crippen LogP contribution in [0.2, 0.25) is 0 Å². The van der Waals surface area contributed by atoms with Crippen molar-refractivity contribution in [2.45, 2.75) is 42.9 Å². The number of carbonyl (C=O) groups is 1. The van der Waals surface area contributed by atoms with Crippen LogP contribution >= 0.6 is 11.8 Å². The fraction of sp³-hybridized carbons (Fsp3) is 0.533. The maximum Gasteiger partial charge on any atom is 0.325 e. The van der Waals surface area contributed by atoms with Gasteiger partial charge in [-0.15, -0.1) is 11.8 Å². The van der Waals surface area contributed by atoms with Gasteiger partial charge in [0, 0.05) is 10.1 Å². The Hall–Kier alpha value is -1.00. The Balaban J connectivity index is 2.65. The molecule has 2 unspecified atom stereocenters. The number of aryl methyl sites for hydroxylation is 1. The van der Waals surface area contributed by atoms with E-state index in [0.717, 1.165) is 0 Å². The highest BCUT2D eigenvalue weighted by molar-refractivity contribution is 7.99. The van der Waals surface area contributed by atoms with E-state index in [1.165, 1.54) is 17.6 Å². The number of hydrogen-bond acceptors (Lipinski definition) is 4. The topological polar surface area (TPSA) is 38.3 Å². The first-order chi connectivity index (χ1) is 8.91. The molecule has 0 aromatic heterocycles. The van der Waals surface area contributed by atoms with Crippen LogP contribution in [-0.2, 0) is 9.53 Å². The normalized spacial score (nSPS) is 15.6. The summed E-state index contributed by atoms with van der Waals surface area (Å²) in [5.74, 6) is -0.216. The number of methoxy groups -OCH3 is 1. The highest BCUT2D eigenvalue weighted by Gasteiger charge is 2.34. The number of esters is 1. The van der Waals surface area contributed by atoms with E-state index in [9.17, 15) is 4.79 Å². The Labute approximate surface area is 120 Å². The lowest BCUT2D eigenvalue weighted by molar-refractivity contribution is -0.147. The van der Waals surface area contributed by atoms with Gasteiger partial charge in [-0.2, -0.15) is 0 Å². The molecule has 0 amide bonds. The van der Waals surface area contributed by atoms with E-state index in [1.807, 2.05) is 6.92 Å². The summed E-state index contributed by atoms with van der Waals surface area (Å²) in [7, 11) is 3.22. The summed E-state index contributed by atoms with van der Waals surface area (Å²) in [5, 5.41) is 3.39.